The molecule has 25 heavy (non-hydrogen) atoms. The molecule has 0 aliphatic rings. The van der Waals surface area contributed by atoms with E-state index in [1.807, 2.05) is 6.07 Å². The third kappa shape index (κ3) is 3.05. The molecule has 1 aromatic carbocycles. The number of nitrogens with zero attached hydrogens (tertiary/aromatic N) is 3. The van der Waals surface area contributed by atoms with Gasteiger partial charge in [-0.05, 0) is 30.3 Å². The van der Waals surface area contributed by atoms with Crippen LogP contribution in [0.3, 0.4) is 0 Å². The molecule has 124 valence electrons. The number of nitrogens with two attached hydrogens (primary N) is 1. The van der Waals surface area contributed by atoms with Crippen LogP contribution < -0.4 is 15.8 Å². The molecule has 0 amide bonds. The summed E-state index contributed by atoms with van der Waals surface area (Å²) in [5.41, 5.74) is 6.72. The van der Waals surface area contributed by atoms with Crippen molar-refractivity contribution in [2.75, 3.05) is 11.1 Å². The number of anilines is 3. The Hall–Kier alpha value is -3.68. The van der Waals surface area contributed by atoms with E-state index in [9.17, 15) is 4.39 Å². The zero-order chi connectivity index (χ0) is 17.2. The lowest BCUT2D eigenvalue weighted by Gasteiger charge is -2.10. The molecular weight excluding hydrogens is 323 g/mol. The Morgan fingerprint density at radius 1 is 1.04 bits per heavy atom. The first-order valence-electron chi connectivity index (χ1n) is 7.44. The van der Waals surface area contributed by atoms with Crippen LogP contribution in [0.1, 0.15) is 0 Å². The average molecular weight is 336 g/mol. The van der Waals surface area contributed by atoms with Crippen molar-refractivity contribution in [3.63, 3.8) is 0 Å². The Bertz CT molecular complexity index is 1050. The van der Waals surface area contributed by atoms with Gasteiger partial charge in [0.25, 0.3) is 0 Å². The first kappa shape index (κ1) is 14.9. The number of fused-ring (bicyclic) bond motifs is 1. The van der Waals surface area contributed by atoms with Crippen LogP contribution in [0.15, 0.2) is 55.0 Å². The third-order valence-electron chi connectivity index (χ3n) is 3.52. The van der Waals surface area contributed by atoms with Crippen molar-refractivity contribution < 1.29 is 9.13 Å². The van der Waals surface area contributed by atoms with Crippen LogP contribution in [-0.4, -0.2) is 19.9 Å². The number of hydrogen-bond donors (Lipinski definition) is 3. The predicted octanol–water partition coefficient (Wildman–Crippen LogP) is 3.61. The van der Waals surface area contributed by atoms with Gasteiger partial charge >= 0.3 is 0 Å². The van der Waals surface area contributed by atoms with Gasteiger partial charge in [0, 0.05) is 30.3 Å². The van der Waals surface area contributed by atoms with Gasteiger partial charge in [-0.25, -0.2) is 14.4 Å². The number of benzene rings is 1. The van der Waals surface area contributed by atoms with Crippen LogP contribution in [0.5, 0.6) is 11.5 Å². The average Bonchev–Trinajstić information content (AvgIpc) is 3.07. The molecule has 0 atom stereocenters. The standard InChI is InChI=1S/C17H13FN6O/c18-12-9-10(23-15-5-8-22-17(19)24-15)1-2-14(12)25-13-4-7-21-16-11(13)3-6-20-16/h1-9H,(H,20,21)(H3,19,22,23,24). The second-order valence-electron chi connectivity index (χ2n) is 5.22. The molecule has 0 spiro atoms. The lowest BCUT2D eigenvalue weighted by molar-refractivity contribution is 0.446. The fraction of sp³-hybridized carbons (Fsp3) is 0. The molecule has 3 heterocycles. The second kappa shape index (κ2) is 6.08. The molecule has 0 radical (unpaired) electrons. The predicted molar refractivity (Wildman–Crippen MR) is 92.3 cm³/mol. The highest BCUT2D eigenvalue weighted by atomic mass is 19.1. The zero-order valence-corrected chi connectivity index (χ0v) is 12.9. The van der Waals surface area contributed by atoms with Gasteiger partial charge in [-0.15, -0.1) is 0 Å². The van der Waals surface area contributed by atoms with Gasteiger partial charge in [0.2, 0.25) is 5.95 Å². The molecular formula is C17H13FN6O. The summed E-state index contributed by atoms with van der Waals surface area (Å²) in [6, 6.07) is 9.70. The highest BCUT2D eigenvalue weighted by molar-refractivity contribution is 5.82. The fourth-order valence-corrected chi connectivity index (χ4v) is 2.40. The van der Waals surface area contributed by atoms with Gasteiger partial charge in [-0.1, -0.05) is 0 Å². The van der Waals surface area contributed by atoms with Gasteiger partial charge in [0.05, 0.1) is 5.39 Å². The summed E-state index contributed by atoms with van der Waals surface area (Å²) in [6.45, 7) is 0. The quantitative estimate of drug-likeness (QED) is 0.526. The van der Waals surface area contributed by atoms with Crippen LogP contribution in [0, 0.1) is 5.82 Å². The minimum absolute atomic E-state index is 0.112. The number of halogens is 1. The summed E-state index contributed by atoms with van der Waals surface area (Å²) in [4.78, 5) is 15.0. The number of rotatable bonds is 4. The van der Waals surface area contributed by atoms with Crippen LogP contribution in [0.4, 0.5) is 21.8 Å². The number of pyridine rings is 1. The zero-order valence-electron chi connectivity index (χ0n) is 12.9. The Morgan fingerprint density at radius 2 is 1.92 bits per heavy atom. The Morgan fingerprint density at radius 3 is 2.76 bits per heavy atom. The lowest BCUT2D eigenvalue weighted by Crippen LogP contribution is -1.99. The van der Waals surface area contributed by atoms with Crippen molar-refractivity contribution in [1.29, 1.82) is 0 Å². The molecule has 7 nitrogen and oxygen atoms in total. The summed E-state index contributed by atoms with van der Waals surface area (Å²) in [6.07, 6.45) is 4.87. The minimum Gasteiger partial charge on any atom is -0.453 e. The molecule has 4 N–H and O–H groups in total. The molecule has 4 aromatic rings. The van der Waals surface area contributed by atoms with Gasteiger partial charge in [-0.3, -0.25) is 0 Å². The van der Waals surface area contributed by atoms with E-state index in [0.29, 0.717) is 22.9 Å². The molecule has 0 bridgehead atoms. The van der Waals surface area contributed by atoms with E-state index < -0.39 is 5.82 Å². The van der Waals surface area contributed by atoms with E-state index in [-0.39, 0.29) is 11.7 Å². The smallest absolute Gasteiger partial charge is 0.221 e. The van der Waals surface area contributed by atoms with Crippen LogP contribution in [0.2, 0.25) is 0 Å². The third-order valence-corrected chi connectivity index (χ3v) is 3.52. The van der Waals surface area contributed by atoms with Gasteiger partial charge in [-0.2, -0.15) is 4.98 Å². The Kier molecular flexibility index (Phi) is 3.62. The van der Waals surface area contributed by atoms with Crippen LogP contribution >= 0.6 is 0 Å². The second-order valence-corrected chi connectivity index (χ2v) is 5.22. The van der Waals surface area contributed by atoms with Crippen LogP contribution in [0.25, 0.3) is 11.0 Å². The molecule has 4 rings (SSSR count). The molecule has 0 saturated carbocycles. The SMILES string of the molecule is Nc1nccc(Nc2ccc(Oc3ccnc4[nH]ccc34)c(F)c2)n1. The summed E-state index contributed by atoms with van der Waals surface area (Å²) in [7, 11) is 0. The molecule has 0 unspecified atom stereocenters. The number of aromatic amines is 1. The molecule has 8 heteroatoms. The van der Waals surface area contributed by atoms with Crippen molar-refractivity contribution in [1.82, 2.24) is 19.9 Å². The summed E-state index contributed by atoms with van der Waals surface area (Å²) < 4.78 is 20.1. The summed E-state index contributed by atoms with van der Waals surface area (Å²) in [5.74, 6) is 0.741. The van der Waals surface area contributed by atoms with Gasteiger partial charge in [0.15, 0.2) is 11.6 Å². The molecule has 0 aliphatic heterocycles. The fourth-order valence-electron chi connectivity index (χ4n) is 2.40. The van der Waals surface area contributed by atoms with E-state index in [4.69, 9.17) is 10.5 Å². The van der Waals surface area contributed by atoms with E-state index >= 15 is 0 Å². The van der Waals surface area contributed by atoms with Crippen LogP contribution in [-0.2, 0) is 0 Å². The highest BCUT2D eigenvalue weighted by Crippen LogP contribution is 2.31. The minimum atomic E-state index is -0.507. The number of nitrogen functional groups attached to an aromatic ring is 1. The maximum atomic E-state index is 14.4. The number of H-pyrrole nitrogens is 1. The number of hydrogen-bond acceptors (Lipinski definition) is 6. The van der Waals surface area contributed by atoms with Crippen molar-refractivity contribution in [2.24, 2.45) is 0 Å². The summed E-state index contributed by atoms with van der Waals surface area (Å²) >= 11 is 0. The lowest BCUT2D eigenvalue weighted by atomic mass is 10.2. The molecule has 3 aromatic heterocycles. The van der Waals surface area contributed by atoms with Gasteiger partial charge < -0.3 is 20.8 Å². The number of ether oxygens (including phenoxy) is 1. The molecule has 0 aliphatic carbocycles. The van der Waals surface area contributed by atoms with Crippen molar-refractivity contribution >= 4 is 28.5 Å². The maximum absolute atomic E-state index is 14.4. The van der Waals surface area contributed by atoms with Crippen molar-refractivity contribution in [3.05, 3.63) is 60.8 Å². The molecule has 0 saturated heterocycles. The maximum Gasteiger partial charge on any atom is 0.221 e. The van der Waals surface area contributed by atoms with Gasteiger partial charge in [0.1, 0.15) is 17.2 Å². The molecule has 0 fully saturated rings. The normalized spacial score (nSPS) is 10.8. The Labute approximate surface area is 141 Å². The van der Waals surface area contributed by atoms with E-state index in [1.165, 1.54) is 12.3 Å². The van der Waals surface area contributed by atoms with E-state index in [2.05, 4.69) is 25.3 Å². The first-order chi connectivity index (χ1) is 12.2. The van der Waals surface area contributed by atoms with E-state index in [1.54, 1.807) is 36.7 Å². The monoisotopic (exact) mass is 336 g/mol. The Balaban J connectivity index is 1.59. The van der Waals surface area contributed by atoms with Crippen molar-refractivity contribution in [3.8, 4) is 11.5 Å². The number of nitrogens with one attached hydrogen (secondary N) is 2. The first-order valence-corrected chi connectivity index (χ1v) is 7.44. The summed E-state index contributed by atoms with van der Waals surface area (Å²) in [5, 5.41) is 3.74. The topological polar surface area (TPSA) is 102 Å². The van der Waals surface area contributed by atoms with Crippen molar-refractivity contribution in [2.45, 2.75) is 0 Å². The largest absolute Gasteiger partial charge is 0.453 e. The highest BCUT2D eigenvalue weighted by Gasteiger charge is 2.10. The van der Waals surface area contributed by atoms with E-state index in [0.717, 1.165) is 5.39 Å². The number of aromatic nitrogens is 4.